The minimum atomic E-state index is 0.279. The third kappa shape index (κ3) is 5.22. The van der Waals surface area contributed by atoms with Gasteiger partial charge in [0.1, 0.15) is 5.75 Å². The molecule has 2 nitrogen and oxygen atoms in total. The molecule has 0 fully saturated rings. The molecular weight excluding hydrogens is 210 g/mol. The molecule has 96 valence electrons. The van der Waals surface area contributed by atoms with Gasteiger partial charge in [-0.25, -0.2) is 0 Å². The van der Waals surface area contributed by atoms with Crippen molar-refractivity contribution >= 4 is 0 Å². The molecule has 1 aromatic carbocycles. The monoisotopic (exact) mass is 235 g/mol. The molecule has 0 amide bonds. The Labute approximate surface area is 105 Å². The Bertz CT molecular complexity index is 322. The summed E-state index contributed by atoms with van der Waals surface area (Å²) in [6, 6.07) is 8.28. The normalized spacial score (nSPS) is 12.8. The largest absolute Gasteiger partial charge is 0.490 e. The molecule has 1 atom stereocenters. The molecule has 1 aromatic rings. The first kappa shape index (κ1) is 14.0. The molecule has 0 saturated heterocycles. The molecule has 0 unspecified atom stereocenters. The van der Waals surface area contributed by atoms with Gasteiger partial charge in [0, 0.05) is 12.1 Å². The first-order valence-corrected chi connectivity index (χ1v) is 6.58. The van der Waals surface area contributed by atoms with Crippen LogP contribution >= 0.6 is 0 Å². The van der Waals surface area contributed by atoms with Gasteiger partial charge in [-0.2, -0.15) is 0 Å². The van der Waals surface area contributed by atoms with E-state index in [-0.39, 0.29) is 6.10 Å². The number of nitrogens with one attached hydrogen (secondary N) is 1. The fourth-order valence-corrected chi connectivity index (χ4v) is 1.56. The predicted octanol–water partition coefficient (Wildman–Crippen LogP) is 3.61. The molecule has 1 rings (SSSR count). The predicted molar refractivity (Wildman–Crippen MR) is 73.4 cm³/mol. The van der Waals surface area contributed by atoms with E-state index in [2.05, 4.69) is 51.2 Å². The minimum Gasteiger partial charge on any atom is -0.490 e. The molecule has 0 aromatic heterocycles. The Morgan fingerprint density at radius 3 is 2.53 bits per heavy atom. The summed E-state index contributed by atoms with van der Waals surface area (Å²) in [5.74, 6) is 1.69. The number of rotatable bonds is 7. The Morgan fingerprint density at radius 1 is 1.18 bits per heavy atom. The van der Waals surface area contributed by atoms with Gasteiger partial charge in [-0.1, -0.05) is 39.0 Å². The average Bonchev–Trinajstić information content (AvgIpc) is 2.30. The lowest BCUT2D eigenvalue weighted by Crippen LogP contribution is -2.20. The first-order valence-electron chi connectivity index (χ1n) is 6.58. The van der Waals surface area contributed by atoms with Crippen molar-refractivity contribution in [3.8, 4) is 5.75 Å². The Hall–Kier alpha value is -1.02. The van der Waals surface area contributed by atoms with E-state index in [1.54, 1.807) is 0 Å². The fraction of sp³-hybridized carbons (Fsp3) is 0.600. The molecule has 0 spiro atoms. The summed E-state index contributed by atoms with van der Waals surface area (Å²) >= 11 is 0. The molecule has 1 N–H and O–H groups in total. The zero-order chi connectivity index (χ0) is 12.7. The molecule has 0 aliphatic carbocycles. The van der Waals surface area contributed by atoms with Crippen molar-refractivity contribution in [1.29, 1.82) is 0 Å². The van der Waals surface area contributed by atoms with E-state index >= 15 is 0 Å². The lowest BCUT2D eigenvalue weighted by atomic mass is 10.1. The summed E-state index contributed by atoms with van der Waals surface area (Å²) in [6.45, 7) is 10.6. The topological polar surface area (TPSA) is 21.3 Å². The van der Waals surface area contributed by atoms with Crippen molar-refractivity contribution in [2.24, 2.45) is 5.92 Å². The Morgan fingerprint density at radius 2 is 1.88 bits per heavy atom. The smallest absolute Gasteiger partial charge is 0.124 e. The Kier molecular flexibility index (Phi) is 6.06. The maximum absolute atomic E-state index is 5.91. The lowest BCUT2D eigenvalue weighted by Gasteiger charge is -2.16. The van der Waals surface area contributed by atoms with E-state index in [0.717, 1.165) is 25.3 Å². The molecule has 0 aliphatic rings. The minimum absolute atomic E-state index is 0.279. The summed E-state index contributed by atoms with van der Waals surface area (Å²) in [5.41, 5.74) is 1.24. The van der Waals surface area contributed by atoms with E-state index in [1.807, 2.05) is 6.07 Å². The van der Waals surface area contributed by atoms with Gasteiger partial charge in [-0.15, -0.1) is 0 Å². The summed E-state index contributed by atoms with van der Waals surface area (Å²) in [6.07, 6.45) is 1.31. The van der Waals surface area contributed by atoms with Gasteiger partial charge < -0.3 is 10.1 Å². The van der Waals surface area contributed by atoms with Gasteiger partial charge >= 0.3 is 0 Å². The summed E-state index contributed by atoms with van der Waals surface area (Å²) in [4.78, 5) is 0. The summed E-state index contributed by atoms with van der Waals surface area (Å²) < 4.78 is 5.91. The third-order valence-corrected chi connectivity index (χ3v) is 2.74. The van der Waals surface area contributed by atoms with Crippen LogP contribution in [0.15, 0.2) is 24.3 Å². The maximum atomic E-state index is 5.91. The van der Waals surface area contributed by atoms with Gasteiger partial charge in [0.05, 0.1) is 6.10 Å². The molecule has 0 radical (unpaired) electrons. The van der Waals surface area contributed by atoms with Crippen molar-refractivity contribution in [2.45, 2.75) is 46.8 Å². The van der Waals surface area contributed by atoms with E-state index in [0.29, 0.717) is 5.92 Å². The highest BCUT2D eigenvalue weighted by Crippen LogP contribution is 2.19. The molecular formula is C15H25NO. The standard InChI is InChI=1S/C15H25NO/c1-5-13(4)17-15-9-7-6-8-14(15)11-16-10-12(2)3/h6-9,12-13,16H,5,10-11H2,1-4H3/t13-/m1/s1. The highest BCUT2D eigenvalue weighted by Gasteiger charge is 2.06. The van der Waals surface area contributed by atoms with Crippen LogP contribution in [0.5, 0.6) is 5.75 Å². The van der Waals surface area contributed by atoms with Crippen molar-refractivity contribution in [2.75, 3.05) is 6.54 Å². The Balaban J connectivity index is 2.57. The highest BCUT2D eigenvalue weighted by molar-refractivity contribution is 5.33. The zero-order valence-corrected chi connectivity index (χ0v) is 11.5. The number of benzene rings is 1. The average molecular weight is 235 g/mol. The number of hydrogen-bond acceptors (Lipinski definition) is 2. The van der Waals surface area contributed by atoms with Crippen molar-refractivity contribution < 1.29 is 4.74 Å². The van der Waals surface area contributed by atoms with Crippen molar-refractivity contribution in [3.05, 3.63) is 29.8 Å². The number of hydrogen-bond donors (Lipinski definition) is 1. The summed E-state index contributed by atoms with van der Waals surface area (Å²) in [5, 5.41) is 3.45. The second-order valence-corrected chi connectivity index (χ2v) is 4.97. The van der Waals surface area contributed by atoms with Crippen LogP contribution in [0, 0.1) is 5.92 Å². The number of ether oxygens (including phenoxy) is 1. The molecule has 0 bridgehead atoms. The van der Waals surface area contributed by atoms with Crippen LogP contribution in [-0.4, -0.2) is 12.6 Å². The molecule has 0 heterocycles. The van der Waals surface area contributed by atoms with Gasteiger partial charge in [-0.3, -0.25) is 0 Å². The second kappa shape index (κ2) is 7.33. The van der Waals surface area contributed by atoms with Crippen molar-refractivity contribution in [3.63, 3.8) is 0 Å². The maximum Gasteiger partial charge on any atom is 0.124 e. The third-order valence-electron chi connectivity index (χ3n) is 2.74. The summed E-state index contributed by atoms with van der Waals surface area (Å²) in [7, 11) is 0. The van der Waals surface area contributed by atoms with Crippen LogP contribution in [0.3, 0.4) is 0 Å². The number of para-hydroxylation sites is 1. The van der Waals surface area contributed by atoms with Crippen LogP contribution < -0.4 is 10.1 Å². The van der Waals surface area contributed by atoms with Crippen LogP contribution in [0.2, 0.25) is 0 Å². The van der Waals surface area contributed by atoms with E-state index < -0.39 is 0 Å². The van der Waals surface area contributed by atoms with Gasteiger partial charge in [-0.05, 0) is 31.9 Å². The molecule has 2 heteroatoms. The molecule has 17 heavy (non-hydrogen) atoms. The van der Waals surface area contributed by atoms with Gasteiger partial charge in [0.2, 0.25) is 0 Å². The highest BCUT2D eigenvalue weighted by atomic mass is 16.5. The van der Waals surface area contributed by atoms with Gasteiger partial charge in [0.25, 0.3) is 0 Å². The van der Waals surface area contributed by atoms with Crippen LogP contribution in [0.1, 0.15) is 39.7 Å². The van der Waals surface area contributed by atoms with Crippen LogP contribution in [0.4, 0.5) is 0 Å². The zero-order valence-electron chi connectivity index (χ0n) is 11.5. The van der Waals surface area contributed by atoms with Crippen LogP contribution in [-0.2, 0) is 6.54 Å². The van der Waals surface area contributed by atoms with Crippen LogP contribution in [0.25, 0.3) is 0 Å². The van der Waals surface area contributed by atoms with E-state index in [4.69, 9.17) is 4.74 Å². The molecule has 0 saturated carbocycles. The second-order valence-electron chi connectivity index (χ2n) is 4.97. The van der Waals surface area contributed by atoms with Crippen molar-refractivity contribution in [1.82, 2.24) is 5.32 Å². The van der Waals surface area contributed by atoms with E-state index in [9.17, 15) is 0 Å². The molecule has 0 aliphatic heterocycles. The quantitative estimate of drug-likeness (QED) is 0.779. The fourth-order valence-electron chi connectivity index (χ4n) is 1.56. The SMILES string of the molecule is CC[C@@H](C)Oc1ccccc1CNCC(C)C. The first-order chi connectivity index (χ1) is 8.13. The van der Waals surface area contributed by atoms with E-state index in [1.165, 1.54) is 5.56 Å². The lowest BCUT2D eigenvalue weighted by molar-refractivity contribution is 0.215. The van der Waals surface area contributed by atoms with Gasteiger partial charge in [0.15, 0.2) is 0 Å².